The first-order valence-corrected chi connectivity index (χ1v) is 16.3. The van der Waals surface area contributed by atoms with Crippen LogP contribution in [0.4, 0.5) is 0 Å². The topological polar surface area (TPSA) is 4.93 Å². The van der Waals surface area contributed by atoms with Gasteiger partial charge in [-0.3, -0.25) is 0 Å². The molecule has 0 amide bonds. The number of hydrogen-bond donors (Lipinski definition) is 0. The normalized spacial score (nSPS) is 11.8. The van der Waals surface area contributed by atoms with Crippen molar-refractivity contribution in [1.29, 1.82) is 0 Å². The van der Waals surface area contributed by atoms with E-state index in [0.29, 0.717) is 0 Å². The molecule has 10 rings (SSSR count). The van der Waals surface area contributed by atoms with E-state index in [2.05, 4.69) is 180 Å². The van der Waals surface area contributed by atoms with E-state index in [9.17, 15) is 0 Å². The summed E-state index contributed by atoms with van der Waals surface area (Å²) in [4.78, 5) is 0. The third-order valence-electron chi connectivity index (χ3n) is 9.95. The van der Waals surface area contributed by atoms with Crippen LogP contribution in [0.5, 0.6) is 0 Å². The molecule has 0 atom stereocenters. The van der Waals surface area contributed by atoms with Gasteiger partial charge in [0, 0.05) is 16.5 Å². The molecule has 0 aliphatic heterocycles. The van der Waals surface area contributed by atoms with Crippen LogP contribution in [0.3, 0.4) is 0 Å². The quantitative estimate of drug-likeness (QED) is 0.179. The molecule has 47 heavy (non-hydrogen) atoms. The predicted molar refractivity (Wildman–Crippen MR) is 202 cm³/mol. The molecule has 1 heteroatoms. The van der Waals surface area contributed by atoms with E-state index in [1.807, 2.05) is 0 Å². The molecule has 0 aliphatic rings. The van der Waals surface area contributed by atoms with Gasteiger partial charge in [-0.15, -0.1) is 0 Å². The number of hydrogen-bond acceptors (Lipinski definition) is 0. The molecule has 0 spiro atoms. The van der Waals surface area contributed by atoms with Crippen molar-refractivity contribution >= 4 is 64.9 Å². The van der Waals surface area contributed by atoms with E-state index in [1.54, 1.807) is 0 Å². The molecule has 0 bridgehead atoms. The zero-order chi connectivity index (χ0) is 30.9. The highest BCUT2D eigenvalue weighted by molar-refractivity contribution is 6.30. The van der Waals surface area contributed by atoms with Crippen LogP contribution in [0.15, 0.2) is 176 Å². The molecule has 0 N–H and O–H groups in total. The number of aromatic nitrogens is 1. The summed E-state index contributed by atoms with van der Waals surface area (Å²) in [7, 11) is 0. The monoisotopic (exact) mass is 595 g/mol. The zero-order valence-electron chi connectivity index (χ0n) is 25.7. The molecule has 0 aliphatic carbocycles. The molecule has 218 valence electrons. The van der Waals surface area contributed by atoms with E-state index in [1.165, 1.54) is 92.8 Å². The highest BCUT2D eigenvalue weighted by Crippen LogP contribution is 2.44. The lowest BCUT2D eigenvalue weighted by Crippen LogP contribution is -1.94. The maximum Gasteiger partial charge on any atom is 0.0553 e. The van der Waals surface area contributed by atoms with Gasteiger partial charge in [0.1, 0.15) is 0 Å². The van der Waals surface area contributed by atoms with Crippen LogP contribution in [0.25, 0.3) is 92.8 Å². The Balaban J connectivity index is 1.25. The highest BCUT2D eigenvalue weighted by atomic mass is 15.0. The lowest BCUT2D eigenvalue weighted by atomic mass is 9.91. The molecule has 9 aromatic carbocycles. The van der Waals surface area contributed by atoms with Gasteiger partial charge in [-0.05, 0) is 95.7 Å². The Morgan fingerprint density at radius 1 is 0.298 bits per heavy atom. The Kier molecular flexibility index (Phi) is 5.64. The fourth-order valence-electron chi connectivity index (χ4n) is 7.86. The Morgan fingerprint density at radius 2 is 0.809 bits per heavy atom. The number of benzene rings is 9. The average Bonchev–Trinajstić information content (AvgIpc) is 3.49. The van der Waals surface area contributed by atoms with E-state index in [4.69, 9.17) is 0 Å². The van der Waals surface area contributed by atoms with Gasteiger partial charge >= 0.3 is 0 Å². The van der Waals surface area contributed by atoms with E-state index >= 15 is 0 Å². The van der Waals surface area contributed by atoms with Crippen molar-refractivity contribution in [2.24, 2.45) is 0 Å². The molecule has 1 aromatic heterocycles. The average molecular weight is 596 g/mol. The molecule has 0 saturated carbocycles. The van der Waals surface area contributed by atoms with Crippen LogP contribution >= 0.6 is 0 Å². The third kappa shape index (κ3) is 3.90. The van der Waals surface area contributed by atoms with Crippen molar-refractivity contribution in [3.8, 4) is 27.9 Å². The number of para-hydroxylation sites is 1. The molecular formula is C46H29N. The largest absolute Gasteiger partial charge is 0.309 e. The van der Waals surface area contributed by atoms with Crippen LogP contribution < -0.4 is 0 Å². The summed E-state index contributed by atoms with van der Waals surface area (Å²) < 4.78 is 2.45. The SMILES string of the molecule is c1ccc(-n2c3ccc4ccccc4c3c3c4ccccc4c(-c4ccc(-c5cc6ccccc6c6ccccc56)cc4)cc32)cc1. The van der Waals surface area contributed by atoms with Crippen molar-refractivity contribution in [2.45, 2.75) is 0 Å². The maximum absolute atomic E-state index is 2.45. The highest BCUT2D eigenvalue weighted by Gasteiger charge is 2.19. The van der Waals surface area contributed by atoms with Gasteiger partial charge in [0.15, 0.2) is 0 Å². The minimum absolute atomic E-state index is 1.17. The fourth-order valence-corrected chi connectivity index (χ4v) is 7.86. The van der Waals surface area contributed by atoms with E-state index in [-0.39, 0.29) is 0 Å². The van der Waals surface area contributed by atoms with Crippen LogP contribution in [0.1, 0.15) is 0 Å². The molecule has 0 radical (unpaired) electrons. The predicted octanol–water partition coefficient (Wildman–Crippen LogP) is 12.7. The second-order valence-electron chi connectivity index (χ2n) is 12.5. The van der Waals surface area contributed by atoms with Gasteiger partial charge in [-0.25, -0.2) is 0 Å². The first-order valence-electron chi connectivity index (χ1n) is 16.3. The fraction of sp³-hybridized carbons (Fsp3) is 0. The van der Waals surface area contributed by atoms with Gasteiger partial charge in [0.2, 0.25) is 0 Å². The Hall–Kier alpha value is -6.18. The van der Waals surface area contributed by atoms with Crippen LogP contribution in [0, 0.1) is 0 Å². The molecule has 0 fully saturated rings. The van der Waals surface area contributed by atoms with Gasteiger partial charge in [0.25, 0.3) is 0 Å². The molecule has 1 heterocycles. The molecular weight excluding hydrogens is 567 g/mol. The van der Waals surface area contributed by atoms with Crippen LogP contribution in [-0.2, 0) is 0 Å². The first kappa shape index (κ1) is 26.1. The van der Waals surface area contributed by atoms with Crippen molar-refractivity contribution in [3.05, 3.63) is 176 Å². The van der Waals surface area contributed by atoms with Crippen LogP contribution in [-0.4, -0.2) is 4.57 Å². The number of fused-ring (bicyclic) bond motifs is 10. The number of nitrogens with zero attached hydrogens (tertiary/aromatic N) is 1. The Morgan fingerprint density at radius 3 is 1.53 bits per heavy atom. The molecule has 0 unspecified atom stereocenters. The van der Waals surface area contributed by atoms with Crippen molar-refractivity contribution in [1.82, 2.24) is 4.57 Å². The molecule has 10 aromatic rings. The first-order chi connectivity index (χ1) is 23.3. The van der Waals surface area contributed by atoms with Crippen LogP contribution in [0.2, 0.25) is 0 Å². The van der Waals surface area contributed by atoms with Gasteiger partial charge in [0.05, 0.1) is 11.0 Å². The summed E-state index contributed by atoms with van der Waals surface area (Å²) >= 11 is 0. The Bertz CT molecular complexity index is 2820. The molecule has 0 saturated heterocycles. The van der Waals surface area contributed by atoms with Gasteiger partial charge in [-0.2, -0.15) is 0 Å². The minimum Gasteiger partial charge on any atom is -0.309 e. The summed E-state index contributed by atoms with van der Waals surface area (Å²) in [5.41, 5.74) is 8.57. The summed E-state index contributed by atoms with van der Waals surface area (Å²) in [6.07, 6.45) is 0. The lowest BCUT2D eigenvalue weighted by Gasteiger charge is -2.14. The second kappa shape index (κ2) is 10.2. The van der Waals surface area contributed by atoms with Gasteiger partial charge in [-0.1, -0.05) is 146 Å². The summed E-state index contributed by atoms with van der Waals surface area (Å²) in [5.74, 6) is 0. The standard InChI is InChI=1S/C46H29N/c1-2-14-34(15-3-1)47-43-27-26-30-12-4-7-17-36(30)45(43)46-40-21-11-10-20-39(40)42(29-44(46)47)32-24-22-31(23-25-32)41-28-33-13-5-6-16-35(33)37-18-8-9-19-38(37)41/h1-29H. The smallest absolute Gasteiger partial charge is 0.0553 e. The molecule has 1 nitrogen and oxygen atoms in total. The van der Waals surface area contributed by atoms with E-state index < -0.39 is 0 Å². The summed E-state index contributed by atoms with van der Waals surface area (Å²) in [6.45, 7) is 0. The zero-order valence-corrected chi connectivity index (χ0v) is 25.7. The van der Waals surface area contributed by atoms with E-state index in [0.717, 1.165) is 0 Å². The van der Waals surface area contributed by atoms with Gasteiger partial charge < -0.3 is 4.57 Å². The summed E-state index contributed by atoms with van der Waals surface area (Å²) in [5, 5.41) is 12.8. The third-order valence-corrected chi connectivity index (χ3v) is 9.95. The second-order valence-corrected chi connectivity index (χ2v) is 12.5. The lowest BCUT2D eigenvalue weighted by molar-refractivity contribution is 1.18. The maximum atomic E-state index is 2.45. The van der Waals surface area contributed by atoms with Crippen molar-refractivity contribution < 1.29 is 0 Å². The van der Waals surface area contributed by atoms with Crippen molar-refractivity contribution in [2.75, 3.05) is 0 Å². The number of rotatable bonds is 3. The minimum atomic E-state index is 1.17. The Labute approximate surface area is 272 Å². The summed E-state index contributed by atoms with van der Waals surface area (Å²) in [6, 6.07) is 64.5. The van der Waals surface area contributed by atoms with Crippen molar-refractivity contribution in [3.63, 3.8) is 0 Å².